The van der Waals surface area contributed by atoms with Crippen molar-refractivity contribution in [2.24, 2.45) is 0 Å². The smallest absolute Gasteiger partial charge is 0.351 e. The summed E-state index contributed by atoms with van der Waals surface area (Å²) in [4.78, 5) is 15.9. The lowest BCUT2D eigenvalue weighted by Crippen LogP contribution is -2.28. The third-order valence-electron chi connectivity index (χ3n) is 4.24. The summed E-state index contributed by atoms with van der Waals surface area (Å²) in [5, 5.41) is 19.1. The highest BCUT2D eigenvalue weighted by Crippen LogP contribution is 2.27. The number of aromatic nitrogens is 2. The summed E-state index contributed by atoms with van der Waals surface area (Å²) in [5.74, 6) is 6.02. The van der Waals surface area contributed by atoms with Gasteiger partial charge in [0.2, 0.25) is 0 Å². The number of hydrogen-bond donors (Lipinski definition) is 3. The highest BCUT2D eigenvalue weighted by Gasteiger charge is 2.35. The zero-order chi connectivity index (χ0) is 20.8. The second-order valence-corrected chi connectivity index (χ2v) is 6.47. The third kappa shape index (κ3) is 4.98. The van der Waals surface area contributed by atoms with Crippen LogP contribution in [0.2, 0.25) is 0 Å². The molecule has 0 saturated carbocycles. The maximum Gasteiger partial charge on any atom is 0.351 e. The van der Waals surface area contributed by atoms with Crippen molar-refractivity contribution in [3.05, 3.63) is 57.1 Å². The number of aryl methyl sites for hydroxylation is 2. The van der Waals surface area contributed by atoms with E-state index in [1.54, 1.807) is 0 Å². The average molecular weight is 385 g/mol. The SMILES string of the molecule is CC.Cc1cc(C)cc(C#Cc2cn(C3CC(O)C(CO)O3)c(=O)nc2N)c1. The predicted molar refractivity (Wildman–Crippen MR) is 108 cm³/mol. The highest BCUT2D eigenvalue weighted by molar-refractivity contribution is 5.52. The van der Waals surface area contributed by atoms with Crippen molar-refractivity contribution < 1.29 is 14.9 Å². The Balaban J connectivity index is 0.00000136. The normalized spacial score (nSPS) is 20.7. The number of ether oxygens (including phenoxy) is 1. The van der Waals surface area contributed by atoms with Gasteiger partial charge in [-0.05, 0) is 37.1 Å². The molecule has 7 heteroatoms. The predicted octanol–water partition coefficient (Wildman–Crippen LogP) is 1.51. The topological polar surface area (TPSA) is 111 Å². The Kier molecular flexibility index (Phi) is 7.35. The number of hydrogen-bond acceptors (Lipinski definition) is 6. The van der Waals surface area contributed by atoms with Gasteiger partial charge in [-0.2, -0.15) is 4.98 Å². The van der Waals surface area contributed by atoms with Crippen LogP contribution in [0.4, 0.5) is 5.82 Å². The summed E-state index contributed by atoms with van der Waals surface area (Å²) in [7, 11) is 0. The van der Waals surface area contributed by atoms with Crippen molar-refractivity contribution >= 4 is 5.82 Å². The molecule has 1 aromatic heterocycles. The Morgan fingerprint density at radius 2 is 1.89 bits per heavy atom. The zero-order valence-corrected chi connectivity index (χ0v) is 16.6. The first kappa shape index (κ1) is 21.6. The molecule has 3 rings (SSSR count). The van der Waals surface area contributed by atoms with Crippen LogP contribution in [0.25, 0.3) is 0 Å². The number of aliphatic hydroxyl groups is 2. The van der Waals surface area contributed by atoms with Gasteiger partial charge in [-0.15, -0.1) is 0 Å². The summed E-state index contributed by atoms with van der Waals surface area (Å²) in [6, 6.07) is 5.98. The van der Waals surface area contributed by atoms with Gasteiger partial charge >= 0.3 is 5.69 Å². The lowest BCUT2D eigenvalue weighted by Gasteiger charge is -2.15. The number of aliphatic hydroxyl groups excluding tert-OH is 2. The van der Waals surface area contributed by atoms with Crippen molar-refractivity contribution in [1.82, 2.24) is 9.55 Å². The van der Waals surface area contributed by atoms with Crippen molar-refractivity contribution in [1.29, 1.82) is 0 Å². The van der Waals surface area contributed by atoms with E-state index >= 15 is 0 Å². The molecule has 0 amide bonds. The molecule has 1 aromatic carbocycles. The van der Waals surface area contributed by atoms with Gasteiger partial charge in [-0.1, -0.05) is 31.8 Å². The second-order valence-electron chi connectivity index (χ2n) is 6.47. The minimum Gasteiger partial charge on any atom is -0.394 e. The summed E-state index contributed by atoms with van der Waals surface area (Å²) < 4.78 is 6.76. The number of rotatable bonds is 2. The third-order valence-corrected chi connectivity index (χ3v) is 4.24. The molecule has 7 nitrogen and oxygen atoms in total. The lowest BCUT2D eigenvalue weighted by molar-refractivity contribution is -0.0458. The molecular formula is C21H27N3O4. The minimum atomic E-state index is -0.848. The van der Waals surface area contributed by atoms with Gasteiger partial charge in [0.25, 0.3) is 0 Å². The van der Waals surface area contributed by atoms with Gasteiger partial charge in [0, 0.05) is 18.2 Å². The molecule has 0 bridgehead atoms. The highest BCUT2D eigenvalue weighted by atomic mass is 16.5. The van der Waals surface area contributed by atoms with E-state index in [0.29, 0.717) is 5.56 Å². The molecular weight excluding hydrogens is 358 g/mol. The van der Waals surface area contributed by atoms with Crippen LogP contribution in [0.15, 0.2) is 29.2 Å². The minimum absolute atomic E-state index is 0.0420. The number of nitrogens with two attached hydrogens (primary N) is 1. The molecule has 4 N–H and O–H groups in total. The summed E-state index contributed by atoms with van der Waals surface area (Å²) in [5.41, 5.74) is 8.70. The van der Waals surface area contributed by atoms with Crippen LogP contribution in [-0.2, 0) is 4.74 Å². The van der Waals surface area contributed by atoms with Crippen LogP contribution in [0.3, 0.4) is 0 Å². The van der Waals surface area contributed by atoms with E-state index in [4.69, 9.17) is 10.5 Å². The number of anilines is 1. The van der Waals surface area contributed by atoms with E-state index in [0.717, 1.165) is 16.7 Å². The molecule has 2 aromatic rings. The van der Waals surface area contributed by atoms with E-state index in [9.17, 15) is 15.0 Å². The van der Waals surface area contributed by atoms with E-state index < -0.39 is 24.1 Å². The Morgan fingerprint density at radius 3 is 2.46 bits per heavy atom. The van der Waals surface area contributed by atoms with E-state index in [2.05, 4.69) is 22.9 Å². The Hall–Kier alpha value is -2.66. The molecule has 150 valence electrons. The van der Waals surface area contributed by atoms with E-state index in [1.807, 2.05) is 39.8 Å². The van der Waals surface area contributed by atoms with Gasteiger partial charge in [0.15, 0.2) is 0 Å². The quantitative estimate of drug-likeness (QED) is 0.676. The van der Waals surface area contributed by atoms with Crippen molar-refractivity contribution in [3.8, 4) is 11.8 Å². The van der Waals surface area contributed by atoms with Gasteiger partial charge in [0.1, 0.15) is 18.1 Å². The molecule has 3 atom stereocenters. The molecule has 1 saturated heterocycles. The Bertz CT molecular complexity index is 923. The summed E-state index contributed by atoms with van der Waals surface area (Å²) in [6.45, 7) is 7.66. The summed E-state index contributed by atoms with van der Waals surface area (Å²) >= 11 is 0. The van der Waals surface area contributed by atoms with Crippen LogP contribution in [-0.4, -0.2) is 38.6 Å². The number of nitrogen functional groups attached to an aromatic ring is 1. The van der Waals surface area contributed by atoms with Crippen LogP contribution in [0, 0.1) is 25.7 Å². The van der Waals surface area contributed by atoms with E-state index in [-0.39, 0.29) is 18.8 Å². The first-order chi connectivity index (χ1) is 13.4. The molecule has 3 unspecified atom stereocenters. The molecule has 1 aliphatic rings. The van der Waals surface area contributed by atoms with Gasteiger partial charge in [0.05, 0.1) is 18.3 Å². The first-order valence-corrected chi connectivity index (χ1v) is 9.30. The first-order valence-electron chi connectivity index (χ1n) is 9.30. The molecule has 1 aliphatic heterocycles. The monoisotopic (exact) mass is 385 g/mol. The van der Waals surface area contributed by atoms with E-state index in [1.165, 1.54) is 10.8 Å². The van der Waals surface area contributed by atoms with Crippen LogP contribution in [0.5, 0.6) is 0 Å². The zero-order valence-electron chi connectivity index (χ0n) is 16.6. The lowest BCUT2D eigenvalue weighted by atomic mass is 10.1. The number of nitrogens with zero attached hydrogens (tertiary/aromatic N) is 2. The van der Waals surface area contributed by atoms with Gasteiger partial charge < -0.3 is 20.7 Å². The second kappa shape index (κ2) is 9.51. The molecule has 0 radical (unpaired) electrons. The maximum absolute atomic E-state index is 12.1. The molecule has 1 fully saturated rings. The largest absolute Gasteiger partial charge is 0.394 e. The van der Waals surface area contributed by atoms with Crippen molar-refractivity contribution in [3.63, 3.8) is 0 Å². The van der Waals surface area contributed by atoms with Crippen molar-refractivity contribution in [2.75, 3.05) is 12.3 Å². The average Bonchev–Trinajstić information content (AvgIpc) is 3.02. The number of benzene rings is 1. The molecule has 28 heavy (non-hydrogen) atoms. The Labute approximate surface area is 164 Å². The van der Waals surface area contributed by atoms with Crippen LogP contribution >= 0.6 is 0 Å². The van der Waals surface area contributed by atoms with Crippen molar-refractivity contribution in [2.45, 2.75) is 52.6 Å². The van der Waals surface area contributed by atoms with Gasteiger partial charge in [-0.3, -0.25) is 4.57 Å². The van der Waals surface area contributed by atoms with Gasteiger partial charge in [-0.25, -0.2) is 4.79 Å². The maximum atomic E-state index is 12.1. The fourth-order valence-corrected chi connectivity index (χ4v) is 3.02. The Morgan fingerprint density at radius 1 is 1.25 bits per heavy atom. The standard InChI is InChI=1S/C19H21N3O4.C2H6/c1-11-5-12(2)7-13(6-11)3-4-14-9-22(19(25)21-18(14)20)17-8-15(24)16(10-23)26-17;1-2/h5-7,9,15-17,23-24H,8,10H2,1-2H3,(H2,20,21,25);1-2H3. The fraction of sp³-hybridized carbons (Fsp3) is 0.429. The molecule has 0 aliphatic carbocycles. The molecule has 2 heterocycles. The summed E-state index contributed by atoms with van der Waals surface area (Å²) in [6.07, 6.45) is -0.629. The van der Waals surface area contributed by atoms with Crippen LogP contribution in [0.1, 0.15) is 48.8 Å². The fourth-order valence-electron chi connectivity index (χ4n) is 3.02. The molecule has 0 spiro atoms. The van der Waals surface area contributed by atoms with Crippen LogP contribution < -0.4 is 11.4 Å².